The summed E-state index contributed by atoms with van der Waals surface area (Å²) in [7, 11) is 0. The highest BCUT2D eigenvalue weighted by Gasteiger charge is 2.01. The molecule has 0 unspecified atom stereocenters. The van der Waals surface area contributed by atoms with Gasteiger partial charge in [0.25, 0.3) is 0 Å². The minimum absolute atomic E-state index is 0.910. The van der Waals surface area contributed by atoms with Gasteiger partial charge in [0.05, 0.1) is 0 Å². The summed E-state index contributed by atoms with van der Waals surface area (Å²) in [5.41, 5.74) is 0. The lowest BCUT2D eigenvalue weighted by Crippen LogP contribution is -2.27. The maximum Gasteiger partial charge on any atom is 0.00307 e. The number of unbranched alkanes of at least 4 members (excludes halogenated alkanes) is 2. The van der Waals surface area contributed by atoms with Crippen LogP contribution < -0.4 is 0 Å². The summed E-state index contributed by atoms with van der Waals surface area (Å²) in [5.74, 6) is 0. The summed E-state index contributed by atoms with van der Waals surface area (Å²) in [5, 5.41) is 7.00. The molecule has 0 aliphatic heterocycles. The Morgan fingerprint density at radius 1 is 1.00 bits per heavy atom. The monoisotopic (exact) mass is 184 g/mol. The third-order valence-corrected chi connectivity index (χ3v) is 2.25. The number of nitrogens with zero attached hydrogens (tertiary/aromatic N) is 1. The molecule has 0 saturated carbocycles. The van der Waals surface area contributed by atoms with Gasteiger partial charge in [-0.2, -0.15) is 0 Å². The van der Waals surface area contributed by atoms with Gasteiger partial charge in [-0.1, -0.05) is 26.7 Å². The van der Waals surface area contributed by atoms with Crippen molar-refractivity contribution in [2.24, 2.45) is 0 Å². The molecule has 0 heterocycles. The largest absolute Gasteiger partial charge is 0.313 e. The van der Waals surface area contributed by atoms with Crippen molar-refractivity contribution in [2.45, 2.75) is 46.0 Å². The van der Waals surface area contributed by atoms with Crippen molar-refractivity contribution in [1.82, 2.24) is 4.90 Å². The SMILES string of the molecule is CCCCN(CCC=N)CCCC. The lowest BCUT2D eigenvalue weighted by molar-refractivity contribution is 0.273. The maximum atomic E-state index is 7.00. The molecule has 0 fully saturated rings. The molecule has 0 aromatic rings. The highest BCUT2D eigenvalue weighted by molar-refractivity contribution is 5.52. The second kappa shape index (κ2) is 9.72. The van der Waals surface area contributed by atoms with Gasteiger partial charge in [-0.15, -0.1) is 0 Å². The molecule has 0 rings (SSSR count). The zero-order valence-corrected chi connectivity index (χ0v) is 9.18. The van der Waals surface area contributed by atoms with Crippen molar-refractivity contribution < 1.29 is 0 Å². The van der Waals surface area contributed by atoms with E-state index < -0.39 is 0 Å². The first-order chi connectivity index (χ1) is 6.35. The van der Waals surface area contributed by atoms with Crippen molar-refractivity contribution >= 4 is 6.21 Å². The van der Waals surface area contributed by atoms with E-state index in [0.717, 1.165) is 13.0 Å². The molecule has 2 nitrogen and oxygen atoms in total. The Morgan fingerprint density at radius 2 is 1.54 bits per heavy atom. The Balaban J connectivity index is 3.52. The Bertz CT molecular complexity index is 105. The second-order valence-corrected chi connectivity index (χ2v) is 3.54. The summed E-state index contributed by atoms with van der Waals surface area (Å²) < 4.78 is 0. The van der Waals surface area contributed by atoms with Crippen LogP contribution in [0.1, 0.15) is 46.0 Å². The maximum absolute atomic E-state index is 7.00. The summed E-state index contributed by atoms with van der Waals surface area (Å²) in [6.45, 7) is 7.96. The normalized spacial score (nSPS) is 10.7. The highest BCUT2D eigenvalue weighted by Crippen LogP contribution is 1.99. The van der Waals surface area contributed by atoms with Gasteiger partial charge in [0.1, 0.15) is 0 Å². The molecule has 0 radical (unpaired) electrons. The van der Waals surface area contributed by atoms with Crippen LogP contribution in [0.4, 0.5) is 0 Å². The van der Waals surface area contributed by atoms with Crippen molar-refractivity contribution in [1.29, 1.82) is 5.41 Å². The fraction of sp³-hybridized carbons (Fsp3) is 0.909. The summed E-state index contributed by atoms with van der Waals surface area (Å²) >= 11 is 0. The zero-order chi connectivity index (χ0) is 9.94. The van der Waals surface area contributed by atoms with Gasteiger partial charge < -0.3 is 10.3 Å². The zero-order valence-electron chi connectivity index (χ0n) is 9.18. The first kappa shape index (κ1) is 12.6. The number of nitrogens with one attached hydrogen (secondary N) is 1. The van der Waals surface area contributed by atoms with Crippen LogP contribution in [0.25, 0.3) is 0 Å². The molecular weight excluding hydrogens is 160 g/mol. The molecule has 0 atom stereocenters. The molecule has 0 amide bonds. The van der Waals surface area contributed by atoms with E-state index in [2.05, 4.69) is 18.7 Å². The van der Waals surface area contributed by atoms with Gasteiger partial charge in [0.2, 0.25) is 0 Å². The van der Waals surface area contributed by atoms with Crippen LogP contribution in [0, 0.1) is 5.41 Å². The van der Waals surface area contributed by atoms with Gasteiger partial charge >= 0.3 is 0 Å². The molecule has 2 heteroatoms. The number of rotatable bonds is 9. The van der Waals surface area contributed by atoms with E-state index in [1.165, 1.54) is 45.0 Å². The summed E-state index contributed by atoms with van der Waals surface area (Å²) in [6.07, 6.45) is 7.56. The lowest BCUT2D eigenvalue weighted by atomic mass is 10.2. The van der Waals surface area contributed by atoms with Crippen LogP contribution in [-0.2, 0) is 0 Å². The van der Waals surface area contributed by atoms with Crippen LogP contribution in [0.2, 0.25) is 0 Å². The molecule has 78 valence electrons. The van der Waals surface area contributed by atoms with E-state index in [0.29, 0.717) is 0 Å². The fourth-order valence-corrected chi connectivity index (χ4v) is 1.35. The van der Waals surface area contributed by atoms with E-state index in [9.17, 15) is 0 Å². The third-order valence-electron chi connectivity index (χ3n) is 2.25. The molecule has 0 aliphatic rings. The van der Waals surface area contributed by atoms with Crippen LogP contribution in [0.5, 0.6) is 0 Å². The van der Waals surface area contributed by atoms with Crippen molar-refractivity contribution in [3.05, 3.63) is 0 Å². The second-order valence-electron chi connectivity index (χ2n) is 3.54. The quantitative estimate of drug-likeness (QED) is 0.548. The Morgan fingerprint density at radius 3 is 1.92 bits per heavy atom. The van der Waals surface area contributed by atoms with E-state index in [4.69, 9.17) is 5.41 Å². The molecule has 0 aliphatic carbocycles. The molecule has 13 heavy (non-hydrogen) atoms. The topological polar surface area (TPSA) is 27.1 Å². The molecule has 1 N–H and O–H groups in total. The van der Waals surface area contributed by atoms with Gasteiger partial charge in [0, 0.05) is 6.54 Å². The minimum Gasteiger partial charge on any atom is -0.313 e. The molecular formula is C11H24N2. The predicted molar refractivity (Wildman–Crippen MR) is 59.7 cm³/mol. The molecule has 0 aromatic carbocycles. The van der Waals surface area contributed by atoms with E-state index in [1.807, 2.05) is 0 Å². The minimum atomic E-state index is 0.910. The van der Waals surface area contributed by atoms with Gasteiger partial charge in [-0.25, -0.2) is 0 Å². The van der Waals surface area contributed by atoms with Crippen LogP contribution >= 0.6 is 0 Å². The summed E-state index contributed by atoms with van der Waals surface area (Å²) in [4.78, 5) is 2.48. The molecule has 0 spiro atoms. The van der Waals surface area contributed by atoms with E-state index >= 15 is 0 Å². The average molecular weight is 184 g/mol. The van der Waals surface area contributed by atoms with Gasteiger partial charge in [-0.3, -0.25) is 0 Å². The van der Waals surface area contributed by atoms with Crippen molar-refractivity contribution in [3.63, 3.8) is 0 Å². The van der Waals surface area contributed by atoms with Crippen LogP contribution in [-0.4, -0.2) is 30.7 Å². The van der Waals surface area contributed by atoms with Crippen LogP contribution in [0.3, 0.4) is 0 Å². The fourth-order valence-electron chi connectivity index (χ4n) is 1.35. The Hall–Kier alpha value is -0.370. The first-order valence-corrected chi connectivity index (χ1v) is 5.56. The first-order valence-electron chi connectivity index (χ1n) is 5.56. The number of hydrogen-bond acceptors (Lipinski definition) is 2. The van der Waals surface area contributed by atoms with Crippen LogP contribution in [0.15, 0.2) is 0 Å². The average Bonchev–Trinajstić information content (AvgIpc) is 2.17. The van der Waals surface area contributed by atoms with Crippen molar-refractivity contribution in [2.75, 3.05) is 19.6 Å². The Kier molecular flexibility index (Phi) is 9.44. The smallest absolute Gasteiger partial charge is 0.00307 e. The molecule has 0 aromatic heterocycles. The standard InChI is InChI=1S/C11H24N2/c1-3-5-9-13(10-6-4-2)11-7-8-12/h8,12H,3-7,9-11H2,1-2H3. The lowest BCUT2D eigenvalue weighted by Gasteiger charge is -2.20. The predicted octanol–water partition coefficient (Wildman–Crippen LogP) is 2.93. The van der Waals surface area contributed by atoms with Gasteiger partial charge in [0.15, 0.2) is 0 Å². The number of hydrogen-bond donors (Lipinski definition) is 1. The van der Waals surface area contributed by atoms with E-state index in [1.54, 1.807) is 0 Å². The van der Waals surface area contributed by atoms with E-state index in [-0.39, 0.29) is 0 Å². The highest BCUT2D eigenvalue weighted by atomic mass is 15.1. The third kappa shape index (κ3) is 7.97. The van der Waals surface area contributed by atoms with Gasteiger partial charge in [-0.05, 0) is 38.6 Å². The molecule has 0 saturated heterocycles. The molecule has 0 bridgehead atoms. The Labute approximate surface area is 82.8 Å². The van der Waals surface area contributed by atoms with Crippen molar-refractivity contribution in [3.8, 4) is 0 Å². The summed E-state index contributed by atoms with van der Waals surface area (Å²) in [6, 6.07) is 0.